The van der Waals surface area contributed by atoms with Crippen molar-refractivity contribution in [3.8, 4) is 0 Å². The number of nitrogens with one attached hydrogen (secondary N) is 1. The fraction of sp³-hybridized carbons (Fsp3) is 0.143. The van der Waals surface area contributed by atoms with Gasteiger partial charge >= 0.3 is 5.97 Å². The summed E-state index contributed by atoms with van der Waals surface area (Å²) >= 11 is 0. The summed E-state index contributed by atoms with van der Waals surface area (Å²) in [5, 5.41) is 11.5. The molecule has 0 fully saturated rings. The second-order valence-electron chi connectivity index (χ2n) is 4.16. The number of carboxylic acid groups (broad SMARTS) is 1. The van der Waals surface area contributed by atoms with Crippen LogP contribution in [0.4, 0.5) is 0 Å². The van der Waals surface area contributed by atoms with E-state index in [1.165, 1.54) is 24.3 Å². The number of carbonyl (C=O) groups is 2. The maximum Gasteiger partial charge on any atom is 0.335 e. The molecule has 0 aliphatic rings. The van der Waals surface area contributed by atoms with Crippen LogP contribution in [-0.4, -0.2) is 27.0 Å². The van der Waals surface area contributed by atoms with Crippen LogP contribution in [0.5, 0.6) is 0 Å². The minimum absolute atomic E-state index is 0.146. The highest BCUT2D eigenvalue weighted by Gasteiger charge is 2.08. The average molecular weight is 271 g/mol. The Kier molecular flexibility index (Phi) is 4.05. The van der Waals surface area contributed by atoms with E-state index in [1.54, 1.807) is 19.2 Å². The predicted molar refractivity (Wildman–Crippen MR) is 71.3 cm³/mol. The fourth-order valence-corrected chi connectivity index (χ4v) is 1.64. The third-order valence-corrected chi connectivity index (χ3v) is 2.66. The van der Waals surface area contributed by atoms with Crippen molar-refractivity contribution in [1.82, 2.24) is 15.3 Å². The molecule has 2 N–H and O–H groups in total. The van der Waals surface area contributed by atoms with Crippen molar-refractivity contribution in [3.63, 3.8) is 0 Å². The lowest BCUT2D eigenvalue weighted by atomic mass is 10.1. The highest BCUT2D eigenvalue weighted by atomic mass is 16.4. The van der Waals surface area contributed by atoms with Gasteiger partial charge in [0.05, 0.1) is 17.8 Å². The van der Waals surface area contributed by atoms with Crippen LogP contribution in [-0.2, 0) is 6.54 Å². The topological polar surface area (TPSA) is 92.2 Å². The molecule has 2 aromatic rings. The van der Waals surface area contributed by atoms with Gasteiger partial charge in [-0.2, -0.15) is 0 Å². The molecule has 0 bridgehead atoms. The van der Waals surface area contributed by atoms with Gasteiger partial charge in [0.1, 0.15) is 5.82 Å². The summed E-state index contributed by atoms with van der Waals surface area (Å²) in [4.78, 5) is 30.7. The third kappa shape index (κ3) is 3.38. The van der Waals surface area contributed by atoms with Crippen LogP contribution < -0.4 is 5.32 Å². The Hall–Kier alpha value is -2.76. The lowest BCUT2D eigenvalue weighted by Crippen LogP contribution is -2.23. The van der Waals surface area contributed by atoms with Gasteiger partial charge in [-0.1, -0.05) is 0 Å². The molecule has 0 atom stereocenters. The maximum atomic E-state index is 11.9. The van der Waals surface area contributed by atoms with Gasteiger partial charge in [0, 0.05) is 11.8 Å². The highest BCUT2D eigenvalue weighted by Crippen LogP contribution is 2.05. The Morgan fingerprint density at radius 1 is 1.15 bits per heavy atom. The van der Waals surface area contributed by atoms with Gasteiger partial charge in [-0.25, -0.2) is 14.8 Å². The maximum absolute atomic E-state index is 11.9. The van der Waals surface area contributed by atoms with Gasteiger partial charge in [0.25, 0.3) is 5.91 Å². The van der Waals surface area contributed by atoms with Crippen molar-refractivity contribution in [2.24, 2.45) is 0 Å². The Labute approximate surface area is 115 Å². The largest absolute Gasteiger partial charge is 0.478 e. The number of rotatable bonds is 4. The summed E-state index contributed by atoms with van der Waals surface area (Å²) in [6.45, 7) is 2.07. The number of carboxylic acids is 1. The summed E-state index contributed by atoms with van der Waals surface area (Å²) < 4.78 is 0. The lowest BCUT2D eigenvalue weighted by molar-refractivity contribution is 0.0696. The van der Waals surface area contributed by atoms with E-state index >= 15 is 0 Å². The van der Waals surface area contributed by atoms with E-state index in [0.717, 1.165) is 0 Å². The summed E-state index contributed by atoms with van der Waals surface area (Å²) in [5.74, 6) is -0.658. The minimum atomic E-state index is -1.02. The summed E-state index contributed by atoms with van der Waals surface area (Å²) in [7, 11) is 0. The van der Waals surface area contributed by atoms with Gasteiger partial charge < -0.3 is 10.4 Å². The molecule has 0 radical (unpaired) electrons. The lowest BCUT2D eigenvalue weighted by Gasteiger charge is -2.05. The van der Waals surface area contributed by atoms with Crippen LogP contribution in [0.15, 0.2) is 36.5 Å². The monoisotopic (exact) mass is 271 g/mol. The molecule has 0 aliphatic heterocycles. The van der Waals surface area contributed by atoms with Crippen molar-refractivity contribution >= 4 is 11.9 Å². The van der Waals surface area contributed by atoms with E-state index in [2.05, 4.69) is 15.3 Å². The van der Waals surface area contributed by atoms with Crippen LogP contribution in [0.3, 0.4) is 0 Å². The summed E-state index contributed by atoms with van der Waals surface area (Å²) in [5.41, 5.74) is 1.27. The first-order valence-corrected chi connectivity index (χ1v) is 5.96. The van der Waals surface area contributed by atoms with E-state index in [9.17, 15) is 9.59 Å². The Bertz CT molecular complexity index is 638. The van der Waals surface area contributed by atoms with E-state index in [1.807, 2.05) is 0 Å². The van der Waals surface area contributed by atoms with Crippen molar-refractivity contribution in [3.05, 3.63) is 59.2 Å². The predicted octanol–water partition coefficient (Wildman–Crippen LogP) is 1.41. The molecular formula is C14H13N3O3. The normalized spacial score (nSPS) is 10.1. The minimum Gasteiger partial charge on any atom is -0.478 e. The van der Waals surface area contributed by atoms with Crippen LogP contribution in [0.1, 0.15) is 32.2 Å². The van der Waals surface area contributed by atoms with E-state index in [4.69, 9.17) is 5.11 Å². The zero-order chi connectivity index (χ0) is 14.5. The fourth-order valence-electron chi connectivity index (χ4n) is 1.64. The van der Waals surface area contributed by atoms with Crippen molar-refractivity contribution < 1.29 is 14.7 Å². The molecule has 1 heterocycles. The first-order chi connectivity index (χ1) is 9.56. The van der Waals surface area contributed by atoms with Gasteiger partial charge in [-0.05, 0) is 37.3 Å². The third-order valence-electron chi connectivity index (χ3n) is 2.66. The van der Waals surface area contributed by atoms with E-state index < -0.39 is 5.97 Å². The Morgan fingerprint density at radius 2 is 1.80 bits per heavy atom. The highest BCUT2D eigenvalue weighted by molar-refractivity contribution is 5.95. The Morgan fingerprint density at radius 3 is 2.40 bits per heavy atom. The molecule has 0 saturated heterocycles. The molecule has 0 aliphatic carbocycles. The van der Waals surface area contributed by atoms with Crippen molar-refractivity contribution in [2.45, 2.75) is 13.5 Å². The van der Waals surface area contributed by atoms with Gasteiger partial charge in [-0.15, -0.1) is 0 Å². The van der Waals surface area contributed by atoms with Crippen LogP contribution in [0, 0.1) is 6.92 Å². The quantitative estimate of drug-likeness (QED) is 0.877. The molecule has 1 aromatic heterocycles. The first-order valence-electron chi connectivity index (χ1n) is 5.96. The number of amides is 1. The number of aromatic nitrogens is 2. The molecular weight excluding hydrogens is 258 g/mol. The second kappa shape index (κ2) is 5.92. The van der Waals surface area contributed by atoms with Crippen LogP contribution in [0.25, 0.3) is 0 Å². The number of aromatic carboxylic acids is 1. The second-order valence-corrected chi connectivity index (χ2v) is 4.16. The number of carbonyl (C=O) groups excluding carboxylic acids is 1. The van der Waals surface area contributed by atoms with Crippen LogP contribution >= 0.6 is 0 Å². The molecule has 102 valence electrons. The number of hydrogen-bond acceptors (Lipinski definition) is 4. The number of nitrogens with zero attached hydrogens (tertiary/aromatic N) is 2. The first kappa shape index (κ1) is 13.7. The van der Waals surface area contributed by atoms with Crippen molar-refractivity contribution in [2.75, 3.05) is 0 Å². The molecule has 1 aromatic carbocycles. The van der Waals surface area contributed by atoms with Crippen molar-refractivity contribution in [1.29, 1.82) is 0 Å². The SMILES string of the molecule is Cc1nccc(CNC(=O)c2ccc(C(=O)O)cc2)n1. The smallest absolute Gasteiger partial charge is 0.335 e. The number of aryl methyl sites for hydroxylation is 1. The zero-order valence-electron chi connectivity index (χ0n) is 10.8. The molecule has 0 unspecified atom stereocenters. The molecule has 6 heteroatoms. The summed E-state index contributed by atoms with van der Waals surface area (Å²) in [6.07, 6.45) is 1.63. The number of hydrogen-bond donors (Lipinski definition) is 2. The summed E-state index contributed by atoms with van der Waals surface area (Å²) in [6, 6.07) is 7.47. The van der Waals surface area contributed by atoms with E-state index in [-0.39, 0.29) is 11.5 Å². The van der Waals surface area contributed by atoms with Gasteiger partial charge in [0.2, 0.25) is 0 Å². The molecule has 0 spiro atoms. The van der Waals surface area contributed by atoms with Gasteiger partial charge in [0.15, 0.2) is 0 Å². The molecule has 6 nitrogen and oxygen atoms in total. The van der Waals surface area contributed by atoms with Crippen LogP contribution in [0.2, 0.25) is 0 Å². The molecule has 0 saturated carbocycles. The number of benzene rings is 1. The average Bonchev–Trinajstić information content (AvgIpc) is 2.45. The van der Waals surface area contributed by atoms with Gasteiger partial charge in [-0.3, -0.25) is 4.79 Å². The molecule has 20 heavy (non-hydrogen) atoms. The molecule has 2 rings (SSSR count). The zero-order valence-corrected chi connectivity index (χ0v) is 10.8. The standard InChI is InChI=1S/C14H13N3O3/c1-9-15-7-6-12(17-9)8-16-13(18)10-2-4-11(5-3-10)14(19)20/h2-7H,8H2,1H3,(H,16,18)(H,19,20). The molecule has 1 amide bonds. The Balaban J connectivity index is 1.99. The van der Waals surface area contributed by atoms with E-state index in [0.29, 0.717) is 23.6 Å².